The number of nitrogens with two attached hydrogens (primary N) is 1. The number of aromatic nitrogens is 1. The van der Waals surface area contributed by atoms with Crippen molar-refractivity contribution in [1.29, 1.82) is 0 Å². The van der Waals surface area contributed by atoms with E-state index in [0.717, 1.165) is 30.4 Å². The first-order chi connectivity index (χ1) is 8.75. The minimum Gasteiger partial charge on any atom is -0.385 e. The predicted molar refractivity (Wildman–Crippen MR) is 78.7 cm³/mol. The summed E-state index contributed by atoms with van der Waals surface area (Å²) in [7, 11) is 0. The van der Waals surface area contributed by atoms with Gasteiger partial charge in [-0.15, -0.1) is 0 Å². The third kappa shape index (κ3) is 2.62. The van der Waals surface area contributed by atoms with E-state index in [9.17, 15) is 5.11 Å². The van der Waals surface area contributed by atoms with Gasteiger partial charge in [0.05, 0.1) is 5.60 Å². The van der Waals surface area contributed by atoms with E-state index in [4.69, 9.17) is 5.73 Å². The minimum absolute atomic E-state index is 0.0609. The van der Waals surface area contributed by atoms with Crippen LogP contribution in [0.4, 0.5) is 5.82 Å². The molecule has 2 unspecified atom stereocenters. The molecule has 106 valence electrons. The molecule has 0 amide bonds. The van der Waals surface area contributed by atoms with Crippen LogP contribution in [0, 0.1) is 18.3 Å². The maximum absolute atomic E-state index is 11.3. The smallest absolute Gasteiger partial charge is 0.129 e. The van der Waals surface area contributed by atoms with Gasteiger partial charge in [-0.2, -0.15) is 0 Å². The molecule has 1 saturated carbocycles. The summed E-state index contributed by atoms with van der Waals surface area (Å²) in [6.07, 6.45) is 5.83. The second-order valence-corrected chi connectivity index (χ2v) is 7.03. The van der Waals surface area contributed by atoms with Gasteiger partial charge in [0.15, 0.2) is 0 Å². The Hall–Kier alpha value is -1.09. The van der Waals surface area contributed by atoms with Crippen LogP contribution in [0.5, 0.6) is 0 Å². The molecule has 1 aromatic heterocycles. The first-order valence-corrected chi connectivity index (χ1v) is 7.20. The lowest BCUT2D eigenvalue weighted by molar-refractivity contribution is -0.0956. The van der Waals surface area contributed by atoms with Crippen LogP contribution in [0.3, 0.4) is 0 Å². The van der Waals surface area contributed by atoms with E-state index in [0.29, 0.717) is 5.82 Å². The summed E-state index contributed by atoms with van der Waals surface area (Å²) in [4.78, 5) is 4.23. The van der Waals surface area contributed by atoms with Crippen LogP contribution in [0.15, 0.2) is 12.3 Å². The number of aliphatic hydroxyl groups is 1. The zero-order valence-corrected chi connectivity index (χ0v) is 12.5. The molecular formula is C16H26N2O. The van der Waals surface area contributed by atoms with Gasteiger partial charge in [-0.25, -0.2) is 4.98 Å². The molecule has 19 heavy (non-hydrogen) atoms. The molecule has 1 aromatic rings. The maximum Gasteiger partial charge on any atom is 0.129 e. The van der Waals surface area contributed by atoms with Gasteiger partial charge >= 0.3 is 0 Å². The molecule has 0 spiro atoms. The molecule has 2 rings (SSSR count). The molecule has 1 aliphatic carbocycles. The van der Waals surface area contributed by atoms with Gasteiger partial charge in [-0.1, -0.05) is 33.6 Å². The van der Waals surface area contributed by atoms with Crippen molar-refractivity contribution in [2.75, 3.05) is 5.73 Å². The number of aryl methyl sites for hydroxylation is 1. The van der Waals surface area contributed by atoms with Crippen molar-refractivity contribution in [3.8, 4) is 0 Å². The Morgan fingerprint density at radius 1 is 1.37 bits per heavy atom. The largest absolute Gasteiger partial charge is 0.385 e. The molecule has 2 atom stereocenters. The van der Waals surface area contributed by atoms with Gasteiger partial charge in [-0.3, -0.25) is 0 Å². The third-order valence-electron chi connectivity index (χ3n) is 4.44. The van der Waals surface area contributed by atoms with Crippen molar-refractivity contribution >= 4 is 5.82 Å². The molecular weight excluding hydrogens is 236 g/mol. The standard InChI is InChI=1S/C16H26N2O/c1-11-9-12(14(17)18-10-11)16(19)8-6-5-7-13(16)15(2,3)4/h9-10,13,19H,5-8H2,1-4H3,(H2,17,18). The van der Waals surface area contributed by atoms with E-state index in [2.05, 4.69) is 25.8 Å². The van der Waals surface area contributed by atoms with Crippen molar-refractivity contribution in [2.24, 2.45) is 11.3 Å². The zero-order chi connectivity index (χ0) is 14.3. The van der Waals surface area contributed by atoms with Gasteiger partial charge in [0.25, 0.3) is 0 Å². The Morgan fingerprint density at radius 3 is 2.68 bits per heavy atom. The van der Waals surface area contributed by atoms with E-state index < -0.39 is 5.60 Å². The molecule has 0 aliphatic heterocycles. The van der Waals surface area contributed by atoms with E-state index in [-0.39, 0.29) is 11.3 Å². The molecule has 0 saturated heterocycles. The predicted octanol–water partition coefficient (Wildman–Crippen LogP) is 3.40. The quantitative estimate of drug-likeness (QED) is 0.815. The molecule has 3 nitrogen and oxygen atoms in total. The molecule has 0 radical (unpaired) electrons. The number of nitrogens with zero attached hydrogens (tertiary/aromatic N) is 1. The van der Waals surface area contributed by atoms with Crippen LogP contribution in [-0.2, 0) is 5.60 Å². The van der Waals surface area contributed by atoms with Crippen LogP contribution in [0.25, 0.3) is 0 Å². The Labute approximate surface area is 116 Å². The Kier molecular flexibility index (Phi) is 3.61. The van der Waals surface area contributed by atoms with Crippen molar-refractivity contribution < 1.29 is 5.11 Å². The fourth-order valence-electron chi connectivity index (χ4n) is 3.55. The molecule has 0 aromatic carbocycles. The van der Waals surface area contributed by atoms with Crippen molar-refractivity contribution in [3.63, 3.8) is 0 Å². The van der Waals surface area contributed by atoms with Crippen LogP contribution in [-0.4, -0.2) is 10.1 Å². The highest BCUT2D eigenvalue weighted by Gasteiger charge is 2.47. The highest BCUT2D eigenvalue weighted by molar-refractivity contribution is 5.45. The second kappa shape index (κ2) is 4.78. The lowest BCUT2D eigenvalue weighted by Gasteiger charge is -2.47. The number of nitrogen functional groups attached to an aromatic ring is 1. The van der Waals surface area contributed by atoms with Gasteiger partial charge in [-0.05, 0) is 42.7 Å². The topological polar surface area (TPSA) is 59.1 Å². The fraction of sp³-hybridized carbons (Fsp3) is 0.688. The SMILES string of the molecule is Cc1cnc(N)c(C2(O)CCCCC2C(C)(C)C)c1. The third-order valence-corrected chi connectivity index (χ3v) is 4.44. The minimum atomic E-state index is -0.834. The number of anilines is 1. The molecule has 1 heterocycles. The lowest BCUT2D eigenvalue weighted by Crippen LogP contribution is -2.45. The summed E-state index contributed by atoms with van der Waals surface area (Å²) in [6, 6.07) is 2.01. The molecule has 1 aliphatic rings. The number of hydrogen-bond acceptors (Lipinski definition) is 3. The summed E-state index contributed by atoms with van der Waals surface area (Å²) in [5.74, 6) is 0.698. The Balaban J connectivity index is 2.51. The van der Waals surface area contributed by atoms with Crippen LogP contribution in [0.2, 0.25) is 0 Å². The van der Waals surface area contributed by atoms with E-state index in [1.54, 1.807) is 6.20 Å². The number of pyridine rings is 1. The van der Waals surface area contributed by atoms with Crippen molar-refractivity contribution in [3.05, 3.63) is 23.4 Å². The lowest BCUT2D eigenvalue weighted by atomic mass is 9.61. The highest BCUT2D eigenvalue weighted by Crippen LogP contribution is 2.50. The first kappa shape index (κ1) is 14.3. The van der Waals surface area contributed by atoms with Gasteiger partial charge in [0.1, 0.15) is 5.82 Å². The molecule has 3 heteroatoms. The Bertz CT molecular complexity index is 464. The molecule has 1 fully saturated rings. The summed E-state index contributed by atoms with van der Waals surface area (Å²) < 4.78 is 0. The van der Waals surface area contributed by atoms with Gasteiger partial charge in [0.2, 0.25) is 0 Å². The highest BCUT2D eigenvalue weighted by atomic mass is 16.3. The van der Waals surface area contributed by atoms with E-state index in [1.165, 1.54) is 6.42 Å². The van der Waals surface area contributed by atoms with E-state index >= 15 is 0 Å². The zero-order valence-electron chi connectivity index (χ0n) is 12.5. The second-order valence-electron chi connectivity index (χ2n) is 7.03. The van der Waals surface area contributed by atoms with Crippen LogP contribution in [0.1, 0.15) is 57.6 Å². The average Bonchev–Trinajstić information content (AvgIpc) is 2.31. The number of rotatable bonds is 1. The van der Waals surface area contributed by atoms with Gasteiger partial charge in [0, 0.05) is 11.8 Å². The van der Waals surface area contributed by atoms with E-state index in [1.807, 2.05) is 13.0 Å². The fourth-order valence-corrected chi connectivity index (χ4v) is 3.55. The maximum atomic E-state index is 11.3. The molecule has 3 N–H and O–H groups in total. The van der Waals surface area contributed by atoms with Crippen molar-refractivity contribution in [1.82, 2.24) is 4.98 Å². The molecule has 0 bridgehead atoms. The average molecular weight is 262 g/mol. The normalized spacial score (nSPS) is 28.4. The Morgan fingerprint density at radius 2 is 2.05 bits per heavy atom. The van der Waals surface area contributed by atoms with Crippen LogP contribution < -0.4 is 5.73 Å². The summed E-state index contributed by atoms with van der Waals surface area (Å²) in [6.45, 7) is 8.60. The van der Waals surface area contributed by atoms with Crippen molar-refractivity contribution in [2.45, 2.75) is 59.0 Å². The monoisotopic (exact) mass is 262 g/mol. The van der Waals surface area contributed by atoms with Crippen LogP contribution >= 0.6 is 0 Å². The number of hydrogen-bond donors (Lipinski definition) is 2. The van der Waals surface area contributed by atoms with Gasteiger partial charge < -0.3 is 10.8 Å². The summed E-state index contributed by atoms with van der Waals surface area (Å²) in [5.41, 5.74) is 7.14. The summed E-state index contributed by atoms with van der Waals surface area (Å²) in [5, 5.41) is 11.3. The first-order valence-electron chi connectivity index (χ1n) is 7.20. The summed E-state index contributed by atoms with van der Waals surface area (Å²) >= 11 is 0.